The van der Waals surface area contributed by atoms with Gasteiger partial charge in [0.2, 0.25) is 0 Å². The third-order valence-electron chi connectivity index (χ3n) is 6.85. The number of aromatic nitrogens is 1. The molecular formula is C27H38FN5O5. The van der Waals surface area contributed by atoms with Crippen LogP contribution < -0.4 is 26.8 Å². The van der Waals surface area contributed by atoms with E-state index < -0.39 is 17.8 Å². The predicted octanol–water partition coefficient (Wildman–Crippen LogP) is 3.32. The van der Waals surface area contributed by atoms with E-state index in [2.05, 4.69) is 10.6 Å². The van der Waals surface area contributed by atoms with Gasteiger partial charge in [-0.2, -0.15) is 0 Å². The second-order valence-corrected chi connectivity index (χ2v) is 11.2. The van der Waals surface area contributed by atoms with Gasteiger partial charge in [0.25, 0.3) is 5.56 Å². The SMILES string of the molecule is Cc1c(N2CCC(COC(N)=O)C2)c(F)cc2c(CNCCNC(=O)OC(C)(C)C)cc(=O)n(C3CC3)c12. The molecule has 4 rings (SSSR count). The highest BCUT2D eigenvalue weighted by atomic mass is 19.1. The number of carbonyl (C=O) groups excluding carboxylic acids is 2. The number of ether oxygens (including phenoxy) is 2. The summed E-state index contributed by atoms with van der Waals surface area (Å²) in [5, 5.41) is 6.63. The van der Waals surface area contributed by atoms with E-state index in [0.29, 0.717) is 49.4 Å². The number of hydrogen-bond acceptors (Lipinski definition) is 7. The van der Waals surface area contributed by atoms with E-state index in [1.54, 1.807) is 26.8 Å². The van der Waals surface area contributed by atoms with E-state index in [1.807, 2.05) is 16.4 Å². The fourth-order valence-corrected chi connectivity index (χ4v) is 5.11. The monoisotopic (exact) mass is 531 g/mol. The molecule has 1 saturated carbocycles. The zero-order chi connectivity index (χ0) is 27.6. The molecule has 2 fully saturated rings. The van der Waals surface area contributed by atoms with Crippen LogP contribution in [-0.2, 0) is 16.0 Å². The van der Waals surface area contributed by atoms with Gasteiger partial charge in [-0.1, -0.05) is 0 Å². The topological polar surface area (TPSA) is 128 Å². The van der Waals surface area contributed by atoms with Crippen molar-refractivity contribution in [1.29, 1.82) is 0 Å². The van der Waals surface area contributed by atoms with Crippen LogP contribution in [0.1, 0.15) is 57.2 Å². The number of alkyl carbamates (subject to hydrolysis) is 1. The van der Waals surface area contributed by atoms with Crippen LogP contribution in [0.3, 0.4) is 0 Å². The van der Waals surface area contributed by atoms with E-state index in [0.717, 1.165) is 30.3 Å². The molecule has 1 saturated heterocycles. The molecule has 1 unspecified atom stereocenters. The molecule has 2 heterocycles. The normalized spacial score (nSPS) is 17.6. The molecule has 38 heavy (non-hydrogen) atoms. The quantitative estimate of drug-likeness (QED) is 0.424. The Morgan fingerprint density at radius 1 is 1.18 bits per heavy atom. The largest absolute Gasteiger partial charge is 0.449 e. The molecule has 2 aliphatic rings. The minimum atomic E-state index is -0.813. The predicted molar refractivity (Wildman–Crippen MR) is 143 cm³/mol. The molecule has 1 atom stereocenters. The summed E-state index contributed by atoms with van der Waals surface area (Å²) < 4.78 is 27.7. The second kappa shape index (κ2) is 11.2. The first-order valence-electron chi connectivity index (χ1n) is 13.2. The first-order valence-corrected chi connectivity index (χ1v) is 13.2. The molecule has 2 aromatic rings. The van der Waals surface area contributed by atoms with Crippen molar-refractivity contribution >= 4 is 28.8 Å². The Morgan fingerprint density at radius 3 is 2.58 bits per heavy atom. The van der Waals surface area contributed by atoms with Crippen molar-refractivity contribution in [3.8, 4) is 0 Å². The maximum absolute atomic E-state index is 15.7. The third-order valence-corrected chi connectivity index (χ3v) is 6.85. The Hall–Kier alpha value is -3.34. The number of rotatable bonds is 9. The van der Waals surface area contributed by atoms with Gasteiger partial charge in [-0.3, -0.25) is 4.79 Å². The summed E-state index contributed by atoms with van der Waals surface area (Å²) in [4.78, 5) is 38.0. The molecule has 1 aromatic heterocycles. The van der Waals surface area contributed by atoms with Gasteiger partial charge in [-0.15, -0.1) is 0 Å². The lowest BCUT2D eigenvalue weighted by molar-refractivity contribution is 0.0528. The zero-order valence-electron chi connectivity index (χ0n) is 22.6. The summed E-state index contributed by atoms with van der Waals surface area (Å²) in [6, 6.07) is 3.23. The van der Waals surface area contributed by atoms with Crippen LogP contribution in [0.25, 0.3) is 10.9 Å². The van der Waals surface area contributed by atoms with Crippen molar-refractivity contribution in [2.24, 2.45) is 11.7 Å². The number of primary amides is 1. The third kappa shape index (κ3) is 6.56. The molecule has 0 radical (unpaired) electrons. The van der Waals surface area contributed by atoms with Crippen molar-refractivity contribution in [3.63, 3.8) is 0 Å². The lowest BCUT2D eigenvalue weighted by Crippen LogP contribution is -2.36. The Kier molecular flexibility index (Phi) is 8.15. The maximum atomic E-state index is 15.7. The summed E-state index contributed by atoms with van der Waals surface area (Å²) in [5.74, 6) is -0.284. The van der Waals surface area contributed by atoms with Crippen molar-refractivity contribution < 1.29 is 23.5 Å². The number of anilines is 1. The number of pyridine rings is 1. The minimum Gasteiger partial charge on any atom is -0.449 e. The number of nitrogens with two attached hydrogens (primary N) is 1. The number of nitrogens with zero attached hydrogens (tertiary/aromatic N) is 2. The average molecular weight is 532 g/mol. The van der Waals surface area contributed by atoms with Crippen molar-refractivity contribution in [2.45, 2.75) is 65.1 Å². The standard InChI is InChI=1S/C27H38FN5O5/c1-16-23-20(12-21(28)24(16)32-10-7-17(14-32)15-37-25(29)35)18(11-22(34)33(23)19-5-6-19)13-30-8-9-31-26(36)38-27(2,3)4/h11-12,17,19,30H,5-10,13-15H2,1-4H3,(H2,29,35)(H,31,36). The van der Waals surface area contributed by atoms with Gasteiger partial charge in [0, 0.05) is 56.1 Å². The number of nitrogens with one attached hydrogen (secondary N) is 2. The van der Waals surface area contributed by atoms with Crippen molar-refractivity contribution in [3.05, 3.63) is 39.4 Å². The number of hydrogen-bond donors (Lipinski definition) is 3. The molecule has 0 spiro atoms. The van der Waals surface area contributed by atoms with Gasteiger partial charge >= 0.3 is 12.2 Å². The number of benzene rings is 1. The molecule has 1 aliphatic heterocycles. The highest BCUT2D eigenvalue weighted by molar-refractivity contribution is 5.90. The number of aryl methyl sites for hydroxylation is 1. The summed E-state index contributed by atoms with van der Waals surface area (Å²) in [6.07, 6.45) is 1.29. The smallest absolute Gasteiger partial charge is 0.407 e. The van der Waals surface area contributed by atoms with Crippen molar-refractivity contribution in [1.82, 2.24) is 15.2 Å². The molecule has 1 aliphatic carbocycles. The number of halogens is 1. The van der Waals surface area contributed by atoms with Crippen molar-refractivity contribution in [2.75, 3.05) is 37.7 Å². The summed E-state index contributed by atoms with van der Waals surface area (Å²) in [5.41, 5.74) is 7.11. The van der Waals surface area contributed by atoms with Gasteiger partial charge in [0.1, 0.15) is 11.4 Å². The lowest BCUT2D eigenvalue weighted by atomic mass is 10.0. The minimum absolute atomic E-state index is 0.0624. The van der Waals surface area contributed by atoms with Crippen LogP contribution >= 0.6 is 0 Å². The number of fused-ring (bicyclic) bond motifs is 1. The average Bonchev–Trinajstić information content (AvgIpc) is 3.54. The number of amides is 2. The fourth-order valence-electron chi connectivity index (χ4n) is 5.11. The molecule has 1 aromatic carbocycles. The van der Waals surface area contributed by atoms with Crippen LogP contribution in [0.15, 0.2) is 16.9 Å². The van der Waals surface area contributed by atoms with Gasteiger partial charge < -0.3 is 35.3 Å². The Bertz CT molecular complexity index is 1270. The summed E-state index contributed by atoms with van der Waals surface area (Å²) >= 11 is 0. The van der Waals surface area contributed by atoms with Gasteiger partial charge in [-0.05, 0) is 64.2 Å². The zero-order valence-corrected chi connectivity index (χ0v) is 22.6. The first-order chi connectivity index (χ1) is 17.9. The van der Waals surface area contributed by atoms with Crippen LogP contribution in [0, 0.1) is 18.7 Å². The van der Waals surface area contributed by atoms with Gasteiger partial charge in [0.05, 0.1) is 17.8 Å². The van der Waals surface area contributed by atoms with Gasteiger partial charge in [-0.25, -0.2) is 14.0 Å². The fraction of sp³-hybridized carbons (Fsp3) is 0.593. The first kappa shape index (κ1) is 27.7. The highest BCUT2D eigenvalue weighted by Crippen LogP contribution is 2.40. The van der Waals surface area contributed by atoms with Crippen LogP contribution in [0.2, 0.25) is 0 Å². The molecule has 208 valence electrons. The lowest BCUT2D eigenvalue weighted by Gasteiger charge is -2.25. The van der Waals surface area contributed by atoms with Gasteiger partial charge in [0.15, 0.2) is 0 Å². The Morgan fingerprint density at radius 2 is 1.92 bits per heavy atom. The molecule has 0 bridgehead atoms. The maximum Gasteiger partial charge on any atom is 0.407 e. The van der Waals surface area contributed by atoms with Crippen LogP contribution in [0.4, 0.5) is 19.7 Å². The van der Waals surface area contributed by atoms with Crippen LogP contribution in [0.5, 0.6) is 0 Å². The van der Waals surface area contributed by atoms with E-state index in [1.165, 1.54) is 6.07 Å². The molecule has 2 amide bonds. The summed E-state index contributed by atoms with van der Waals surface area (Å²) in [7, 11) is 0. The Balaban J connectivity index is 1.54. The van der Waals surface area contributed by atoms with E-state index in [4.69, 9.17) is 15.2 Å². The van der Waals surface area contributed by atoms with E-state index in [-0.39, 0.29) is 29.9 Å². The molecular weight excluding hydrogens is 493 g/mol. The molecule has 11 heteroatoms. The second-order valence-electron chi connectivity index (χ2n) is 11.2. The van der Waals surface area contributed by atoms with Crippen LogP contribution in [-0.4, -0.2) is 55.1 Å². The van der Waals surface area contributed by atoms with E-state index in [9.17, 15) is 14.4 Å². The summed E-state index contributed by atoms with van der Waals surface area (Å²) in [6.45, 7) is 9.77. The molecule has 10 nitrogen and oxygen atoms in total. The molecule has 4 N–H and O–H groups in total. The Labute approximate surface area is 221 Å². The van der Waals surface area contributed by atoms with E-state index >= 15 is 4.39 Å². The highest BCUT2D eigenvalue weighted by Gasteiger charge is 2.31. The number of carbonyl (C=O) groups is 2.